The fourth-order valence-electron chi connectivity index (χ4n) is 2.31. The van der Waals surface area contributed by atoms with E-state index in [4.69, 9.17) is 16.3 Å². The number of anilines is 1. The number of aromatic nitrogens is 3. The van der Waals surface area contributed by atoms with Crippen molar-refractivity contribution in [2.75, 3.05) is 11.9 Å². The molecule has 0 bridgehead atoms. The third-order valence-corrected chi connectivity index (χ3v) is 3.62. The van der Waals surface area contributed by atoms with Crippen LogP contribution in [0.4, 0.5) is 10.5 Å². The molecule has 1 aromatic heterocycles. The molecule has 0 radical (unpaired) electrons. The lowest BCUT2D eigenvalue weighted by Gasteiger charge is -2.17. The second-order valence-corrected chi connectivity index (χ2v) is 5.62. The number of hydrogen-bond donors (Lipinski definition) is 2. The van der Waals surface area contributed by atoms with Crippen molar-refractivity contribution in [2.45, 2.75) is 39.8 Å². The first kappa shape index (κ1) is 18.1. The molecule has 7 nitrogen and oxygen atoms in total. The molecule has 0 aliphatic heterocycles. The van der Waals surface area contributed by atoms with Crippen molar-refractivity contribution in [1.29, 1.82) is 0 Å². The Bertz CT molecular complexity index is 689. The second-order valence-electron chi connectivity index (χ2n) is 5.21. The lowest BCUT2D eigenvalue weighted by Crippen LogP contribution is -2.33. The molecule has 0 spiro atoms. The molecule has 0 saturated heterocycles. The summed E-state index contributed by atoms with van der Waals surface area (Å²) in [5.41, 5.74) is 0.518. The highest BCUT2D eigenvalue weighted by molar-refractivity contribution is 6.32. The Morgan fingerprint density at radius 2 is 2.21 bits per heavy atom. The van der Waals surface area contributed by atoms with Gasteiger partial charge >= 0.3 is 6.03 Å². The number of urea groups is 1. The zero-order valence-corrected chi connectivity index (χ0v) is 14.8. The molecule has 0 aliphatic carbocycles. The maximum absolute atomic E-state index is 12.3. The van der Waals surface area contributed by atoms with Gasteiger partial charge in [0.05, 0.1) is 23.4 Å². The summed E-state index contributed by atoms with van der Waals surface area (Å²) in [6, 6.07) is 4.55. The van der Waals surface area contributed by atoms with Gasteiger partial charge in [0.2, 0.25) is 0 Å². The lowest BCUT2D eigenvalue weighted by molar-refractivity contribution is 0.248. The highest BCUT2D eigenvalue weighted by Gasteiger charge is 2.17. The van der Waals surface area contributed by atoms with Crippen LogP contribution in [-0.2, 0) is 6.54 Å². The van der Waals surface area contributed by atoms with Crippen LogP contribution in [0.3, 0.4) is 0 Å². The number of para-hydroxylation sites is 1. The minimum atomic E-state index is -0.364. The standard InChI is InChI=1S/C16H22ClN5O2/c1-4-9-22-15(18-10-19-22)11(3)20-16(23)21-13-8-6-7-12(17)14(13)24-5-2/h6-8,10-11H,4-5,9H2,1-3H3,(H2,20,21,23)/t11-/m1/s1. The van der Waals surface area contributed by atoms with Gasteiger partial charge in [-0.15, -0.1) is 0 Å². The number of rotatable bonds is 7. The molecular weight excluding hydrogens is 330 g/mol. The Balaban J connectivity index is 2.05. The van der Waals surface area contributed by atoms with Crippen LogP contribution in [0.25, 0.3) is 0 Å². The monoisotopic (exact) mass is 351 g/mol. The first-order valence-electron chi connectivity index (χ1n) is 7.93. The zero-order chi connectivity index (χ0) is 17.5. The first-order chi connectivity index (χ1) is 11.6. The molecule has 8 heteroatoms. The molecule has 2 N–H and O–H groups in total. The Morgan fingerprint density at radius 1 is 1.42 bits per heavy atom. The minimum Gasteiger partial charge on any atom is -0.490 e. The molecule has 2 rings (SSSR count). The number of nitrogens with zero attached hydrogens (tertiary/aromatic N) is 3. The number of halogens is 1. The summed E-state index contributed by atoms with van der Waals surface area (Å²) in [5, 5.41) is 10.2. The highest BCUT2D eigenvalue weighted by Crippen LogP contribution is 2.32. The fourth-order valence-corrected chi connectivity index (χ4v) is 2.54. The van der Waals surface area contributed by atoms with Crippen molar-refractivity contribution in [3.8, 4) is 5.75 Å². The van der Waals surface area contributed by atoms with Crippen molar-refractivity contribution >= 4 is 23.3 Å². The van der Waals surface area contributed by atoms with Gasteiger partial charge in [-0.2, -0.15) is 5.10 Å². The summed E-state index contributed by atoms with van der Waals surface area (Å²) in [4.78, 5) is 16.5. The van der Waals surface area contributed by atoms with Gasteiger partial charge in [-0.1, -0.05) is 24.6 Å². The van der Waals surface area contributed by atoms with Gasteiger partial charge in [-0.05, 0) is 32.4 Å². The summed E-state index contributed by atoms with van der Waals surface area (Å²) >= 11 is 6.12. The highest BCUT2D eigenvalue weighted by atomic mass is 35.5. The van der Waals surface area contributed by atoms with E-state index in [2.05, 4.69) is 27.6 Å². The van der Waals surface area contributed by atoms with Gasteiger partial charge in [-0.25, -0.2) is 14.5 Å². The smallest absolute Gasteiger partial charge is 0.319 e. The number of ether oxygens (including phenoxy) is 1. The van der Waals surface area contributed by atoms with Gasteiger partial charge in [0, 0.05) is 6.54 Å². The van der Waals surface area contributed by atoms with Gasteiger partial charge < -0.3 is 15.4 Å². The molecule has 1 heterocycles. The van der Waals surface area contributed by atoms with Crippen LogP contribution in [0.15, 0.2) is 24.5 Å². The maximum Gasteiger partial charge on any atom is 0.319 e. The van der Waals surface area contributed by atoms with Crippen LogP contribution in [0.2, 0.25) is 5.02 Å². The summed E-state index contributed by atoms with van der Waals surface area (Å²) in [6.07, 6.45) is 2.43. The van der Waals surface area contributed by atoms with E-state index in [9.17, 15) is 4.79 Å². The van der Waals surface area contributed by atoms with E-state index >= 15 is 0 Å². The molecule has 0 saturated carbocycles. The molecule has 1 aromatic carbocycles. The largest absolute Gasteiger partial charge is 0.490 e. The molecule has 0 unspecified atom stereocenters. The van der Waals surface area contributed by atoms with E-state index in [1.807, 2.05) is 13.8 Å². The number of hydrogen-bond acceptors (Lipinski definition) is 4. The van der Waals surface area contributed by atoms with Gasteiger partial charge in [0.1, 0.15) is 12.2 Å². The van der Waals surface area contributed by atoms with Crippen LogP contribution < -0.4 is 15.4 Å². The number of aryl methyl sites for hydroxylation is 1. The number of nitrogens with one attached hydrogen (secondary N) is 2. The number of carbonyl (C=O) groups is 1. The summed E-state index contributed by atoms with van der Waals surface area (Å²) in [5.74, 6) is 1.17. The SMILES string of the molecule is CCCn1ncnc1[C@@H](C)NC(=O)Nc1cccc(Cl)c1OCC. The molecule has 24 heavy (non-hydrogen) atoms. The third-order valence-electron chi connectivity index (χ3n) is 3.32. The Kier molecular flexibility index (Phi) is 6.43. The maximum atomic E-state index is 12.3. The third kappa shape index (κ3) is 4.38. The second kappa shape index (κ2) is 8.54. The molecule has 130 valence electrons. The van der Waals surface area contributed by atoms with Crippen LogP contribution in [-0.4, -0.2) is 27.4 Å². The van der Waals surface area contributed by atoms with Gasteiger partial charge in [0.25, 0.3) is 0 Å². The fraction of sp³-hybridized carbons (Fsp3) is 0.438. The molecule has 2 aromatic rings. The van der Waals surface area contributed by atoms with Crippen molar-refractivity contribution in [3.05, 3.63) is 35.4 Å². The van der Waals surface area contributed by atoms with E-state index < -0.39 is 0 Å². The lowest BCUT2D eigenvalue weighted by atomic mass is 10.3. The number of amides is 2. The number of carbonyl (C=O) groups excluding carboxylic acids is 1. The van der Waals surface area contributed by atoms with E-state index in [1.165, 1.54) is 6.33 Å². The van der Waals surface area contributed by atoms with E-state index in [0.717, 1.165) is 13.0 Å². The van der Waals surface area contributed by atoms with Crippen LogP contribution in [0, 0.1) is 0 Å². The molecule has 2 amide bonds. The topological polar surface area (TPSA) is 81.1 Å². The summed E-state index contributed by atoms with van der Waals surface area (Å²) < 4.78 is 7.28. The van der Waals surface area contributed by atoms with E-state index in [-0.39, 0.29) is 12.1 Å². The Hall–Kier alpha value is -2.28. The van der Waals surface area contributed by atoms with Crippen LogP contribution >= 0.6 is 11.6 Å². The Morgan fingerprint density at radius 3 is 2.92 bits per heavy atom. The summed E-state index contributed by atoms with van der Waals surface area (Å²) in [6.45, 7) is 6.99. The predicted molar refractivity (Wildman–Crippen MR) is 93.5 cm³/mol. The van der Waals surface area contributed by atoms with Crippen LogP contribution in [0.1, 0.15) is 39.1 Å². The first-order valence-corrected chi connectivity index (χ1v) is 8.31. The quantitative estimate of drug-likeness (QED) is 0.798. The zero-order valence-electron chi connectivity index (χ0n) is 14.0. The molecule has 0 aliphatic rings. The minimum absolute atomic E-state index is 0.284. The van der Waals surface area contributed by atoms with Crippen molar-refractivity contribution in [3.63, 3.8) is 0 Å². The van der Waals surface area contributed by atoms with Gasteiger partial charge in [-0.3, -0.25) is 0 Å². The predicted octanol–water partition coefficient (Wildman–Crippen LogP) is 3.62. The van der Waals surface area contributed by atoms with E-state index in [1.54, 1.807) is 22.9 Å². The Labute approximate surface area is 146 Å². The molecule has 0 fully saturated rings. The normalized spacial score (nSPS) is 11.8. The van der Waals surface area contributed by atoms with Gasteiger partial charge in [0.15, 0.2) is 5.75 Å². The van der Waals surface area contributed by atoms with Crippen LogP contribution in [0.5, 0.6) is 5.75 Å². The average molecular weight is 352 g/mol. The molecular formula is C16H22ClN5O2. The van der Waals surface area contributed by atoms with Crippen molar-refractivity contribution in [1.82, 2.24) is 20.1 Å². The number of benzene rings is 1. The average Bonchev–Trinajstić information content (AvgIpc) is 2.99. The van der Waals surface area contributed by atoms with Crippen molar-refractivity contribution in [2.24, 2.45) is 0 Å². The van der Waals surface area contributed by atoms with E-state index in [0.29, 0.717) is 28.9 Å². The molecule has 1 atom stereocenters. The summed E-state index contributed by atoms with van der Waals surface area (Å²) in [7, 11) is 0. The van der Waals surface area contributed by atoms with Crippen molar-refractivity contribution < 1.29 is 9.53 Å².